The van der Waals surface area contributed by atoms with Crippen LogP contribution in [0.25, 0.3) is 22.3 Å². The van der Waals surface area contributed by atoms with E-state index in [1.165, 1.54) is 55.0 Å². The Bertz CT molecular complexity index is 1400. The van der Waals surface area contributed by atoms with Gasteiger partial charge in [0.05, 0.1) is 28.8 Å². The molecule has 0 aliphatic rings. The monoisotopic (exact) mass is 447 g/mol. The Morgan fingerprint density at radius 2 is 2.00 bits per heavy atom. The molecule has 0 saturated heterocycles. The number of esters is 1. The summed E-state index contributed by atoms with van der Waals surface area (Å²) in [5, 5.41) is 12.5. The number of ether oxygens (including phenoxy) is 2. The lowest BCUT2D eigenvalue weighted by molar-refractivity contribution is 0.0727. The number of fused-ring (bicyclic) bond motifs is 1. The van der Waals surface area contributed by atoms with E-state index in [2.05, 4.69) is 15.3 Å². The van der Waals surface area contributed by atoms with Gasteiger partial charge in [-0.25, -0.2) is 14.6 Å². The number of phenols is 1. The minimum absolute atomic E-state index is 0.0718. The van der Waals surface area contributed by atoms with Crippen molar-refractivity contribution in [3.8, 4) is 23.0 Å². The molecule has 0 unspecified atom stereocenters. The molecule has 0 aliphatic heterocycles. The van der Waals surface area contributed by atoms with Crippen LogP contribution in [0.3, 0.4) is 0 Å². The number of hydrogen-bond acceptors (Lipinski definition) is 9. The lowest BCUT2D eigenvalue weighted by Crippen LogP contribution is -2.15. The molecule has 1 aromatic carbocycles. The van der Waals surface area contributed by atoms with E-state index in [9.17, 15) is 19.5 Å². The van der Waals surface area contributed by atoms with Crippen molar-refractivity contribution >= 4 is 28.7 Å². The van der Waals surface area contributed by atoms with Gasteiger partial charge in [0.2, 0.25) is 5.88 Å². The molecule has 166 valence electrons. The van der Waals surface area contributed by atoms with Crippen molar-refractivity contribution < 1.29 is 28.6 Å². The number of nitrogens with one attached hydrogen (secondary N) is 1. The van der Waals surface area contributed by atoms with Gasteiger partial charge in [-0.2, -0.15) is 0 Å². The van der Waals surface area contributed by atoms with E-state index in [0.717, 1.165) is 0 Å². The molecule has 4 rings (SSSR count). The van der Waals surface area contributed by atoms with Gasteiger partial charge >= 0.3 is 12.1 Å². The second kappa shape index (κ2) is 9.18. The second-order valence-electron chi connectivity index (χ2n) is 6.70. The van der Waals surface area contributed by atoms with Gasteiger partial charge in [-0.1, -0.05) is 0 Å². The van der Waals surface area contributed by atoms with E-state index in [0.29, 0.717) is 0 Å². The van der Waals surface area contributed by atoms with Gasteiger partial charge in [0, 0.05) is 36.8 Å². The predicted octanol–water partition coefficient (Wildman–Crippen LogP) is 3.74. The summed E-state index contributed by atoms with van der Waals surface area (Å²) in [5.74, 6) is -0.815. The number of anilines is 1. The van der Waals surface area contributed by atoms with Crippen molar-refractivity contribution in [1.29, 1.82) is 0 Å². The van der Waals surface area contributed by atoms with Gasteiger partial charge in [0.25, 0.3) is 0 Å². The van der Waals surface area contributed by atoms with E-state index in [1.807, 2.05) is 0 Å². The lowest BCUT2D eigenvalue weighted by Gasteiger charge is -2.12. The molecule has 0 fully saturated rings. The largest absolute Gasteiger partial charge is 0.508 e. The van der Waals surface area contributed by atoms with Crippen LogP contribution in [-0.4, -0.2) is 33.7 Å². The number of amides is 1. The van der Waals surface area contributed by atoms with Gasteiger partial charge in [-0.3, -0.25) is 15.1 Å². The highest BCUT2D eigenvalue weighted by Gasteiger charge is 2.18. The van der Waals surface area contributed by atoms with Crippen molar-refractivity contribution in [2.45, 2.75) is 6.92 Å². The minimum Gasteiger partial charge on any atom is -0.508 e. The average molecular weight is 447 g/mol. The van der Waals surface area contributed by atoms with Crippen LogP contribution in [0.4, 0.5) is 10.5 Å². The molecular weight excluding hydrogens is 430 g/mol. The Hall–Kier alpha value is -4.73. The number of aromatic hydroxyl groups is 1. The average Bonchev–Trinajstić information content (AvgIpc) is 2.79. The zero-order valence-corrected chi connectivity index (χ0v) is 17.3. The summed E-state index contributed by atoms with van der Waals surface area (Å²) in [6.45, 7) is 1.77. The number of benzene rings is 1. The Labute approximate surface area is 186 Å². The topological polar surface area (TPSA) is 141 Å². The summed E-state index contributed by atoms with van der Waals surface area (Å²) in [5.41, 5.74) is 0.349. The normalized spacial score (nSPS) is 10.6. The first kappa shape index (κ1) is 21.5. The zero-order chi connectivity index (χ0) is 23.4. The van der Waals surface area contributed by atoms with E-state index < -0.39 is 12.1 Å². The van der Waals surface area contributed by atoms with Gasteiger partial charge in [-0.05, 0) is 31.2 Å². The molecule has 3 aromatic heterocycles. The second-order valence-corrected chi connectivity index (χ2v) is 6.70. The Morgan fingerprint density at radius 1 is 1.15 bits per heavy atom. The third-order valence-corrected chi connectivity index (χ3v) is 4.46. The number of hydrogen-bond donors (Lipinski definition) is 2. The molecule has 10 heteroatoms. The van der Waals surface area contributed by atoms with Gasteiger partial charge in [0.1, 0.15) is 17.1 Å². The van der Waals surface area contributed by atoms with Gasteiger partial charge in [0.15, 0.2) is 5.43 Å². The van der Waals surface area contributed by atoms with Gasteiger partial charge in [-0.15, -0.1) is 0 Å². The van der Waals surface area contributed by atoms with Crippen LogP contribution < -0.4 is 15.5 Å². The van der Waals surface area contributed by atoms with E-state index in [-0.39, 0.29) is 57.2 Å². The summed E-state index contributed by atoms with van der Waals surface area (Å²) in [6.07, 6.45) is 3.37. The molecule has 0 bridgehead atoms. The summed E-state index contributed by atoms with van der Waals surface area (Å²) in [6, 6.07) is 9.76. The molecule has 0 atom stereocenters. The summed E-state index contributed by atoms with van der Waals surface area (Å²) < 4.78 is 16.0. The third-order valence-electron chi connectivity index (χ3n) is 4.46. The number of carbonyl (C=O) groups is 2. The lowest BCUT2D eigenvalue weighted by atomic mass is 10.1. The van der Waals surface area contributed by atoms with E-state index in [1.54, 1.807) is 13.0 Å². The van der Waals surface area contributed by atoms with Crippen LogP contribution in [0.5, 0.6) is 11.6 Å². The maximum absolute atomic E-state index is 12.5. The molecule has 0 saturated carbocycles. The molecule has 2 N–H and O–H groups in total. The van der Waals surface area contributed by atoms with Crippen molar-refractivity contribution in [1.82, 2.24) is 9.97 Å². The fraction of sp³-hybridized carbons (Fsp3) is 0.0870. The van der Waals surface area contributed by atoms with Gasteiger partial charge < -0.3 is 19.0 Å². The molecule has 1 amide bonds. The van der Waals surface area contributed by atoms with Crippen LogP contribution in [0.15, 0.2) is 70.3 Å². The Kier molecular flexibility index (Phi) is 5.98. The Balaban J connectivity index is 1.75. The predicted molar refractivity (Wildman–Crippen MR) is 117 cm³/mol. The molecule has 3 heterocycles. The van der Waals surface area contributed by atoms with Crippen molar-refractivity contribution in [2.75, 3.05) is 11.9 Å². The number of nitrogens with zero attached hydrogens (tertiary/aromatic N) is 2. The fourth-order valence-electron chi connectivity index (χ4n) is 2.98. The first-order chi connectivity index (χ1) is 15.9. The maximum atomic E-state index is 12.5. The fourth-order valence-corrected chi connectivity index (χ4v) is 2.98. The quantitative estimate of drug-likeness (QED) is 0.438. The summed E-state index contributed by atoms with van der Waals surface area (Å²) in [4.78, 5) is 44.9. The summed E-state index contributed by atoms with van der Waals surface area (Å²) >= 11 is 0. The standard InChI is InChI=1S/C23H17N3O7/c1-2-31-23(30)26-17-9-21(33-22(29)13-4-3-7-24-11-13)25-12-16(17)20-10-18(28)15-6-5-14(27)8-19(15)32-20/h3-12,27H,2H2,1H3,(H,25,26,30). The van der Waals surface area contributed by atoms with Crippen molar-refractivity contribution in [3.63, 3.8) is 0 Å². The molecule has 0 radical (unpaired) electrons. The highest BCUT2D eigenvalue weighted by molar-refractivity contribution is 5.93. The number of carbonyl (C=O) groups excluding carboxylic acids is 2. The third kappa shape index (κ3) is 4.79. The van der Waals surface area contributed by atoms with Crippen LogP contribution in [0, 0.1) is 0 Å². The van der Waals surface area contributed by atoms with E-state index in [4.69, 9.17) is 13.9 Å². The SMILES string of the molecule is CCOC(=O)Nc1cc(OC(=O)c2cccnc2)ncc1-c1cc(=O)c2ccc(O)cc2o1. The highest BCUT2D eigenvalue weighted by atomic mass is 16.5. The van der Waals surface area contributed by atoms with Crippen LogP contribution in [0.1, 0.15) is 17.3 Å². The van der Waals surface area contributed by atoms with Crippen LogP contribution >= 0.6 is 0 Å². The molecule has 0 spiro atoms. The maximum Gasteiger partial charge on any atom is 0.411 e. The number of rotatable bonds is 5. The highest BCUT2D eigenvalue weighted by Crippen LogP contribution is 2.32. The smallest absolute Gasteiger partial charge is 0.411 e. The minimum atomic E-state index is -0.768. The van der Waals surface area contributed by atoms with Crippen LogP contribution in [-0.2, 0) is 4.74 Å². The number of phenolic OH excluding ortho intramolecular Hbond substituents is 1. The molecule has 33 heavy (non-hydrogen) atoms. The first-order valence-electron chi connectivity index (χ1n) is 9.78. The Morgan fingerprint density at radius 3 is 2.76 bits per heavy atom. The number of pyridine rings is 2. The molecular formula is C23H17N3O7. The summed E-state index contributed by atoms with van der Waals surface area (Å²) in [7, 11) is 0. The molecule has 0 aliphatic carbocycles. The number of aromatic nitrogens is 2. The van der Waals surface area contributed by atoms with E-state index >= 15 is 0 Å². The first-order valence-corrected chi connectivity index (χ1v) is 9.78. The van der Waals surface area contributed by atoms with Crippen molar-refractivity contribution in [3.05, 3.63) is 76.8 Å². The van der Waals surface area contributed by atoms with Crippen molar-refractivity contribution in [2.24, 2.45) is 0 Å². The molecule has 4 aromatic rings. The van der Waals surface area contributed by atoms with Crippen LogP contribution in [0.2, 0.25) is 0 Å². The molecule has 10 nitrogen and oxygen atoms in total. The zero-order valence-electron chi connectivity index (χ0n) is 17.3.